The average molecular weight is 450 g/mol. The third-order valence-corrected chi connectivity index (χ3v) is 4.40. The zero-order valence-electron chi connectivity index (χ0n) is 9.83. The van der Waals surface area contributed by atoms with Crippen molar-refractivity contribution in [3.05, 3.63) is 67.4 Å². The zero-order valence-corrected chi connectivity index (χ0v) is 13.8. The van der Waals surface area contributed by atoms with Gasteiger partial charge in [0.2, 0.25) is 5.82 Å². The second kappa shape index (κ2) is 6.22. The van der Waals surface area contributed by atoms with Gasteiger partial charge in [-0.15, -0.1) is 11.6 Å². The van der Waals surface area contributed by atoms with Crippen molar-refractivity contribution in [2.24, 2.45) is 0 Å². The smallest absolute Gasteiger partial charge is 0.200 e. The van der Waals surface area contributed by atoms with E-state index in [2.05, 4.69) is 31.9 Å². The van der Waals surface area contributed by atoms with Crippen molar-refractivity contribution in [1.29, 1.82) is 0 Å². The van der Waals surface area contributed by atoms with Gasteiger partial charge in [-0.25, -0.2) is 22.0 Å². The van der Waals surface area contributed by atoms with E-state index < -0.39 is 40.0 Å². The van der Waals surface area contributed by atoms with E-state index in [1.54, 1.807) is 6.07 Å². The van der Waals surface area contributed by atoms with E-state index in [9.17, 15) is 22.0 Å². The van der Waals surface area contributed by atoms with Crippen LogP contribution in [0.4, 0.5) is 22.0 Å². The van der Waals surface area contributed by atoms with Gasteiger partial charge >= 0.3 is 0 Å². The molecule has 0 aliphatic rings. The van der Waals surface area contributed by atoms with E-state index in [1.807, 2.05) is 0 Å². The molecule has 2 aromatic carbocycles. The molecule has 2 rings (SSSR count). The Morgan fingerprint density at radius 2 is 1.29 bits per heavy atom. The van der Waals surface area contributed by atoms with E-state index in [4.69, 9.17) is 11.6 Å². The molecule has 0 saturated heterocycles. The van der Waals surface area contributed by atoms with Crippen molar-refractivity contribution in [3.63, 3.8) is 0 Å². The topological polar surface area (TPSA) is 0 Å². The van der Waals surface area contributed by atoms with E-state index in [0.29, 0.717) is 8.95 Å². The highest BCUT2D eigenvalue weighted by Gasteiger charge is 2.31. The Balaban J connectivity index is 2.69. The molecule has 1 atom stereocenters. The summed E-state index contributed by atoms with van der Waals surface area (Å²) in [5.41, 5.74) is -0.930. The number of hydrogen-bond donors (Lipinski definition) is 0. The van der Waals surface area contributed by atoms with Crippen LogP contribution in [0, 0.1) is 29.1 Å². The Labute approximate surface area is 138 Å². The van der Waals surface area contributed by atoms with Crippen LogP contribution in [0.25, 0.3) is 0 Å². The predicted molar refractivity (Wildman–Crippen MR) is 75.8 cm³/mol. The van der Waals surface area contributed by atoms with Crippen molar-refractivity contribution in [1.82, 2.24) is 0 Å². The van der Waals surface area contributed by atoms with Crippen molar-refractivity contribution in [3.8, 4) is 0 Å². The van der Waals surface area contributed by atoms with Gasteiger partial charge in [0.1, 0.15) is 0 Å². The van der Waals surface area contributed by atoms with Crippen LogP contribution in [-0.2, 0) is 0 Å². The molecular weight excluding hydrogens is 446 g/mol. The fourth-order valence-electron chi connectivity index (χ4n) is 1.71. The van der Waals surface area contributed by atoms with Crippen LogP contribution in [0.3, 0.4) is 0 Å². The maximum Gasteiger partial charge on any atom is 0.200 e. The summed E-state index contributed by atoms with van der Waals surface area (Å²) in [6.45, 7) is 0. The molecule has 0 bridgehead atoms. The second-order valence-corrected chi connectivity index (χ2v) is 6.22. The van der Waals surface area contributed by atoms with Crippen LogP contribution in [0.1, 0.15) is 16.5 Å². The fraction of sp³-hybridized carbons (Fsp3) is 0.0769. The second-order valence-electron chi connectivity index (χ2n) is 4.01. The SMILES string of the molecule is Fc1c(F)c(F)c(C(Cl)c2cc(Br)ccc2Br)c(F)c1F. The number of hydrogen-bond acceptors (Lipinski definition) is 0. The molecule has 8 heteroatoms. The Morgan fingerprint density at radius 3 is 1.81 bits per heavy atom. The Morgan fingerprint density at radius 1 is 0.810 bits per heavy atom. The van der Waals surface area contributed by atoms with Gasteiger partial charge in [0.15, 0.2) is 23.3 Å². The monoisotopic (exact) mass is 448 g/mol. The van der Waals surface area contributed by atoms with Gasteiger partial charge in [-0.05, 0) is 23.8 Å². The van der Waals surface area contributed by atoms with Crippen molar-refractivity contribution in [2.45, 2.75) is 5.38 Å². The molecule has 0 aliphatic heterocycles. The minimum atomic E-state index is -2.22. The summed E-state index contributed by atoms with van der Waals surface area (Å²) in [6.07, 6.45) is 0. The highest BCUT2D eigenvalue weighted by atomic mass is 79.9. The standard InChI is InChI=1S/C13H4Br2ClF5/c14-4-1-2-6(15)5(3-4)8(16)7-9(17)11(19)13(21)12(20)10(7)18/h1-3,8H. The quantitative estimate of drug-likeness (QED) is 0.220. The highest BCUT2D eigenvalue weighted by Crippen LogP contribution is 2.39. The maximum absolute atomic E-state index is 13.7. The number of rotatable bonds is 2. The number of benzene rings is 2. The summed E-state index contributed by atoms with van der Waals surface area (Å²) in [5, 5.41) is -1.55. The molecule has 0 fully saturated rings. The molecule has 0 aromatic heterocycles. The van der Waals surface area contributed by atoms with Crippen LogP contribution in [0.5, 0.6) is 0 Å². The molecule has 0 spiro atoms. The lowest BCUT2D eigenvalue weighted by molar-refractivity contribution is 0.370. The first kappa shape index (κ1) is 16.7. The van der Waals surface area contributed by atoms with Crippen LogP contribution in [0.2, 0.25) is 0 Å². The normalized spacial score (nSPS) is 12.6. The number of halogens is 8. The Bertz CT molecular complexity index is 691. The molecule has 1 unspecified atom stereocenters. The summed E-state index contributed by atoms with van der Waals surface area (Å²) >= 11 is 12.2. The van der Waals surface area contributed by atoms with Crippen molar-refractivity contribution >= 4 is 43.5 Å². The largest absolute Gasteiger partial charge is 0.203 e. The van der Waals surface area contributed by atoms with Gasteiger partial charge in [-0.1, -0.05) is 31.9 Å². The van der Waals surface area contributed by atoms with Gasteiger partial charge in [0, 0.05) is 8.95 Å². The first-order chi connectivity index (χ1) is 9.75. The zero-order chi connectivity index (χ0) is 15.9. The molecule has 0 saturated carbocycles. The maximum atomic E-state index is 13.7. The fourth-order valence-corrected chi connectivity index (χ4v) is 3.07. The highest BCUT2D eigenvalue weighted by molar-refractivity contribution is 9.11. The van der Waals surface area contributed by atoms with Crippen LogP contribution in [-0.4, -0.2) is 0 Å². The molecule has 0 nitrogen and oxygen atoms in total. The van der Waals surface area contributed by atoms with E-state index in [0.717, 1.165) is 0 Å². The molecule has 112 valence electrons. The van der Waals surface area contributed by atoms with Gasteiger partial charge in [0.05, 0.1) is 10.9 Å². The summed E-state index contributed by atoms with van der Waals surface area (Å²) in [4.78, 5) is 0. The minimum absolute atomic E-state index is 0.161. The molecule has 0 amide bonds. The molecule has 0 aliphatic carbocycles. The minimum Gasteiger partial charge on any atom is -0.203 e. The predicted octanol–water partition coefficient (Wildman–Crippen LogP) is 6.24. The third kappa shape index (κ3) is 2.96. The first-order valence-corrected chi connectivity index (χ1v) is 7.38. The number of alkyl halides is 1. The summed E-state index contributed by atoms with van der Waals surface area (Å²) in [7, 11) is 0. The summed E-state index contributed by atoms with van der Waals surface area (Å²) < 4.78 is 67.8. The van der Waals surface area contributed by atoms with Crippen LogP contribution in [0.15, 0.2) is 27.1 Å². The summed E-state index contributed by atoms with van der Waals surface area (Å²) in [6, 6.07) is 4.57. The molecule has 0 N–H and O–H groups in total. The molecule has 0 heterocycles. The first-order valence-electron chi connectivity index (χ1n) is 5.36. The van der Waals surface area contributed by atoms with Crippen LogP contribution >= 0.6 is 43.5 Å². The molecule has 0 radical (unpaired) electrons. The lowest BCUT2D eigenvalue weighted by Crippen LogP contribution is -2.10. The van der Waals surface area contributed by atoms with Crippen molar-refractivity contribution < 1.29 is 22.0 Å². The van der Waals surface area contributed by atoms with E-state index >= 15 is 0 Å². The van der Waals surface area contributed by atoms with E-state index in [-0.39, 0.29) is 5.56 Å². The Hall–Kier alpha value is -0.660. The van der Waals surface area contributed by atoms with Gasteiger partial charge in [-0.3, -0.25) is 0 Å². The van der Waals surface area contributed by atoms with Crippen molar-refractivity contribution in [2.75, 3.05) is 0 Å². The summed E-state index contributed by atoms with van der Waals surface area (Å²) in [5.74, 6) is -10.2. The molecule has 21 heavy (non-hydrogen) atoms. The molecule has 2 aromatic rings. The lowest BCUT2D eigenvalue weighted by Gasteiger charge is -2.15. The van der Waals surface area contributed by atoms with Gasteiger partial charge < -0.3 is 0 Å². The lowest BCUT2D eigenvalue weighted by atomic mass is 10.0. The van der Waals surface area contributed by atoms with E-state index in [1.165, 1.54) is 12.1 Å². The average Bonchev–Trinajstić information content (AvgIpc) is 2.45. The third-order valence-electron chi connectivity index (χ3n) is 2.73. The molecular formula is C13H4Br2ClF5. The van der Waals surface area contributed by atoms with Crippen LogP contribution < -0.4 is 0 Å². The van der Waals surface area contributed by atoms with Gasteiger partial charge in [0.25, 0.3) is 0 Å². The Kier molecular flexibility index (Phi) is 4.95. The van der Waals surface area contributed by atoms with Gasteiger partial charge in [-0.2, -0.15) is 0 Å².